The Bertz CT molecular complexity index is 770. The van der Waals surface area contributed by atoms with E-state index in [0.717, 1.165) is 12.1 Å². The molecule has 0 aliphatic carbocycles. The highest BCUT2D eigenvalue weighted by molar-refractivity contribution is 7.86. The van der Waals surface area contributed by atoms with Crippen LogP contribution in [0.2, 0.25) is 0 Å². The number of rotatable bonds is 6. The minimum atomic E-state index is -4.72. The molecule has 12 heteroatoms. The molecule has 0 amide bonds. The molecule has 1 rings (SSSR count). The van der Waals surface area contributed by atoms with Crippen LogP contribution < -0.4 is 4.72 Å². The van der Waals surface area contributed by atoms with Gasteiger partial charge in [0.25, 0.3) is 20.2 Å². The molecule has 0 spiro atoms. The van der Waals surface area contributed by atoms with Crippen LogP contribution >= 0.6 is 0 Å². The molecule has 0 aliphatic rings. The highest BCUT2D eigenvalue weighted by Crippen LogP contribution is 2.21. The summed E-state index contributed by atoms with van der Waals surface area (Å²) in [4.78, 5) is -1.41. The number of thiol groups is 1. The van der Waals surface area contributed by atoms with Gasteiger partial charge < -0.3 is 0 Å². The lowest BCUT2D eigenvalue weighted by Crippen LogP contribution is -2.16. The van der Waals surface area contributed by atoms with Crippen molar-refractivity contribution >= 4 is 31.1 Å². The van der Waals surface area contributed by atoms with Crippen molar-refractivity contribution in [3.05, 3.63) is 23.8 Å². The van der Waals surface area contributed by atoms with Crippen molar-refractivity contribution in [2.75, 3.05) is 6.54 Å². The van der Waals surface area contributed by atoms with Gasteiger partial charge in [-0.05, 0) is 24.1 Å². The zero-order valence-electron chi connectivity index (χ0n) is 9.75. The lowest BCUT2D eigenvalue weighted by molar-refractivity contribution is 0.480. The fourth-order valence-corrected chi connectivity index (χ4v) is 3.08. The summed E-state index contributed by atoms with van der Waals surface area (Å²) in [6.45, 7) is -0.132. The molecule has 0 heterocycles. The Labute approximate surface area is 117 Å². The summed E-state index contributed by atoms with van der Waals surface area (Å²) in [5, 5.41) is 0. The Morgan fingerprint density at radius 2 is 1.65 bits per heavy atom. The van der Waals surface area contributed by atoms with Gasteiger partial charge in [-0.2, -0.15) is 16.8 Å². The minimum Gasteiger partial charge on any atom is -0.282 e. The molecule has 0 saturated heterocycles. The molecule has 0 atom stereocenters. The third-order valence-electron chi connectivity index (χ3n) is 2.25. The first kappa shape index (κ1) is 17.0. The van der Waals surface area contributed by atoms with E-state index in [1.807, 2.05) is 4.72 Å². The van der Waals surface area contributed by atoms with Crippen LogP contribution in [0, 0.1) is 0 Å². The molecule has 0 bridgehead atoms. The van der Waals surface area contributed by atoms with Gasteiger partial charge in [-0.15, -0.1) is 0 Å². The van der Waals surface area contributed by atoms with Gasteiger partial charge in [0.15, 0.2) is 0 Å². The average molecular weight is 345 g/mol. The maximum absolute atomic E-state index is 11.2. The van der Waals surface area contributed by atoms with E-state index in [-0.39, 0.29) is 18.5 Å². The van der Waals surface area contributed by atoms with E-state index in [0.29, 0.717) is 6.07 Å². The van der Waals surface area contributed by atoms with Gasteiger partial charge in [-0.1, -0.05) is 6.07 Å². The second-order valence-electron chi connectivity index (χ2n) is 3.63. The Balaban J connectivity index is 3.25. The van der Waals surface area contributed by atoms with Crippen LogP contribution in [0.4, 0.5) is 0 Å². The zero-order valence-corrected chi connectivity index (χ0v) is 12.3. The molecule has 114 valence electrons. The topological polar surface area (TPSA) is 155 Å². The summed E-state index contributed by atoms with van der Waals surface area (Å²) in [7, 11) is -12.2. The summed E-state index contributed by atoms with van der Waals surface area (Å²) in [6, 6.07) is 2.60. The first-order valence-corrected chi connectivity index (χ1v) is 9.03. The number of benzene rings is 1. The molecule has 1 aromatic carbocycles. The van der Waals surface area contributed by atoms with Crippen LogP contribution in [-0.2, 0) is 37.5 Å². The predicted octanol–water partition coefficient (Wildman–Crippen LogP) is -1.16. The zero-order chi connectivity index (χ0) is 15.6. The van der Waals surface area contributed by atoms with Crippen molar-refractivity contribution in [2.45, 2.75) is 16.2 Å². The number of nitrogens with one attached hydrogen (secondary N) is 1. The third-order valence-corrected chi connectivity index (χ3v) is 4.52. The summed E-state index contributed by atoms with van der Waals surface area (Å²) in [5.74, 6) is 0. The van der Waals surface area contributed by atoms with Crippen molar-refractivity contribution in [3.8, 4) is 0 Å². The molecule has 0 unspecified atom stereocenters. The first-order valence-electron chi connectivity index (χ1n) is 4.97. The summed E-state index contributed by atoms with van der Waals surface area (Å²) < 4.78 is 84.6. The third kappa shape index (κ3) is 4.81. The van der Waals surface area contributed by atoms with Gasteiger partial charge in [0.1, 0.15) is 0 Å². The van der Waals surface area contributed by atoms with Crippen molar-refractivity contribution in [1.29, 1.82) is 0 Å². The van der Waals surface area contributed by atoms with Gasteiger partial charge in [-0.3, -0.25) is 9.11 Å². The summed E-state index contributed by atoms with van der Waals surface area (Å²) in [6.07, 6.45) is -0.0931. The molecular weight excluding hydrogens is 334 g/mol. The van der Waals surface area contributed by atoms with E-state index in [9.17, 15) is 25.3 Å². The molecule has 9 nitrogen and oxygen atoms in total. The Morgan fingerprint density at radius 1 is 1.05 bits per heavy atom. The highest BCUT2D eigenvalue weighted by atomic mass is 32.2. The van der Waals surface area contributed by atoms with E-state index in [4.69, 9.17) is 9.11 Å². The Kier molecular flexibility index (Phi) is 5.23. The molecule has 20 heavy (non-hydrogen) atoms. The lowest BCUT2D eigenvalue weighted by Gasteiger charge is -2.08. The largest absolute Gasteiger partial charge is 0.294 e. The van der Waals surface area contributed by atoms with Crippen molar-refractivity contribution in [3.63, 3.8) is 0 Å². The molecular formula is C8H11NO8S3. The minimum absolute atomic E-state index is 0.00394. The predicted molar refractivity (Wildman–Crippen MR) is 68.1 cm³/mol. The van der Waals surface area contributed by atoms with Gasteiger partial charge in [0, 0.05) is 6.54 Å². The number of hydrogen-bond acceptors (Lipinski definition) is 6. The van der Waals surface area contributed by atoms with Gasteiger partial charge >= 0.3 is 0 Å². The van der Waals surface area contributed by atoms with Crippen molar-refractivity contribution in [1.82, 2.24) is 4.72 Å². The molecule has 0 fully saturated rings. The average Bonchev–Trinajstić information content (AvgIpc) is 2.25. The number of hydrogen-bond donors (Lipinski definition) is 4. The normalized spacial score (nSPS) is 12.8. The SMILES string of the molecule is O=[SH](=O)NCCc1ccc(S(=O)(=O)O)cc1S(=O)(=O)O. The quantitative estimate of drug-likeness (QED) is 0.372. The fraction of sp³-hybridized carbons (Fsp3) is 0.250. The van der Waals surface area contributed by atoms with E-state index in [2.05, 4.69) is 0 Å². The molecule has 0 saturated carbocycles. The maximum Gasteiger partial charge on any atom is 0.294 e. The Hall–Kier alpha value is -1.05. The van der Waals surface area contributed by atoms with Crippen LogP contribution in [0.15, 0.2) is 28.0 Å². The lowest BCUT2D eigenvalue weighted by atomic mass is 10.1. The van der Waals surface area contributed by atoms with Gasteiger partial charge in [0.2, 0.25) is 10.9 Å². The second-order valence-corrected chi connectivity index (χ2v) is 7.28. The maximum atomic E-state index is 11.2. The van der Waals surface area contributed by atoms with Crippen molar-refractivity contribution < 1.29 is 34.4 Å². The summed E-state index contributed by atoms with van der Waals surface area (Å²) >= 11 is 0. The fourth-order valence-electron chi connectivity index (χ4n) is 1.42. The monoisotopic (exact) mass is 345 g/mol. The van der Waals surface area contributed by atoms with Crippen LogP contribution in [0.5, 0.6) is 0 Å². The van der Waals surface area contributed by atoms with E-state index in [1.165, 1.54) is 0 Å². The van der Waals surface area contributed by atoms with E-state index in [1.54, 1.807) is 0 Å². The summed E-state index contributed by atoms with van der Waals surface area (Å²) in [5.41, 5.74) is 0.00394. The van der Waals surface area contributed by atoms with Crippen LogP contribution in [0.1, 0.15) is 5.56 Å². The molecule has 0 aromatic heterocycles. The Morgan fingerprint density at radius 3 is 2.10 bits per heavy atom. The second kappa shape index (κ2) is 6.15. The molecule has 1 aromatic rings. The molecule has 3 N–H and O–H groups in total. The van der Waals surface area contributed by atoms with E-state index >= 15 is 0 Å². The van der Waals surface area contributed by atoms with Crippen LogP contribution in [-0.4, -0.2) is 40.9 Å². The van der Waals surface area contributed by atoms with Crippen LogP contribution in [0.3, 0.4) is 0 Å². The molecule has 0 aliphatic heterocycles. The van der Waals surface area contributed by atoms with Crippen molar-refractivity contribution in [2.24, 2.45) is 0 Å². The molecule has 0 radical (unpaired) electrons. The highest BCUT2D eigenvalue weighted by Gasteiger charge is 2.20. The first-order chi connectivity index (χ1) is 9.01. The smallest absolute Gasteiger partial charge is 0.282 e. The standard InChI is InChI=1S/C8H11NO8S3/c10-18(11)9-4-3-6-1-2-7(19(12,13)14)5-8(6)20(15,16)17/h1-2,5,18H,3-4H2,(H,9,10,11)(H,12,13,14)(H,15,16,17). The van der Waals surface area contributed by atoms with E-state index < -0.39 is 40.9 Å². The van der Waals surface area contributed by atoms with Gasteiger partial charge in [-0.25, -0.2) is 13.1 Å². The van der Waals surface area contributed by atoms with Crippen LogP contribution in [0.25, 0.3) is 0 Å². The van der Waals surface area contributed by atoms with Gasteiger partial charge in [0.05, 0.1) is 9.79 Å².